The summed E-state index contributed by atoms with van der Waals surface area (Å²) in [5.74, 6) is 0.447. The molecule has 0 amide bonds. The van der Waals surface area contributed by atoms with Crippen molar-refractivity contribution >= 4 is 10.0 Å². The molecule has 3 aliphatic rings. The number of imidazole rings is 1. The minimum Gasteiger partial charge on any atom is -0.323 e. The predicted octanol–water partition coefficient (Wildman–Crippen LogP) is 1.47. The normalized spacial score (nSPS) is 24.7. The Balaban J connectivity index is 1.38. The molecule has 2 aromatic rings. The summed E-state index contributed by atoms with van der Waals surface area (Å²) in [6.45, 7) is 2.45. The van der Waals surface area contributed by atoms with E-state index in [2.05, 4.69) is 39.1 Å². The molecule has 3 aliphatic heterocycles. The van der Waals surface area contributed by atoms with E-state index in [0.29, 0.717) is 32.1 Å². The highest BCUT2D eigenvalue weighted by Gasteiger charge is 2.41. The van der Waals surface area contributed by atoms with Gasteiger partial charge in [-0.3, -0.25) is 0 Å². The van der Waals surface area contributed by atoms with Gasteiger partial charge in [0, 0.05) is 31.7 Å². The molecule has 132 valence electrons. The van der Waals surface area contributed by atoms with Gasteiger partial charge in [-0.25, -0.2) is 17.7 Å². The van der Waals surface area contributed by atoms with Crippen molar-refractivity contribution in [1.82, 2.24) is 19.2 Å². The van der Waals surface area contributed by atoms with Gasteiger partial charge in [-0.05, 0) is 24.3 Å². The standard InChI is InChI=1S/C18H22N4O2S/c23-25(24,14-9-19-10-14)21-7-5-13(6-8-21)18-16-4-2-1-3-15(16)17-11-20-12-22(17)18/h1-4,11-14,18-19H,5-10H2. The molecular formula is C18H22N4O2S. The van der Waals surface area contributed by atoms with E-state index in [0.717, 1.165) is 12.8 Å². The lowest BCUT2D eigenvalue weighted by molar-refractivity contribution is 0.229. The Kier molecular flexibility index (Phi) is 3.52. The first kappa shape index (κ1) is 15.5. The third-order valence-electron chi connectivity index (χ3n) is 5.99. The zero-order valence-electron chi connectivity index (χ0n) is 14.0. The molecule has 0 radical (unpaired) electrons. The highest BCUT2D eigenvalue weighted by atomic mass is 32.2. The molecular weight excluding hydrogens is 336 g/mol. The van der Waals surface area contributed by atoms with E-state index in [1.807, 2.05) is 12.5 Å². The number of fused-ring (bicyclic) bond motifs is 3. The van der Waals surface area contributed by atoms with Crippen LogP contribution >= 0.6 is 0 Å². The molecule has 0 spiro atoms. The third-order valence-corrected chi connectivity index (χ3v) is 8.25. The van der Waals surface area contributed by atoms with Gasteiger partial charge in [0.15, 0.2) is 0 Å². The maximum Gasteiger partial charge on any atom is 0.219 e. The number of hydrogen-bond donors (Lipinski definition) is 1. The lowest BCUT2D eigenvalue weighted by atomic mass is 9.86. The van der Waals surface area contributed by atoms with Crippen molar-refractivity contribution in [2.45, 2.75) is 24.1 Å². The zero-order valence-corrected chi connectivity index (χ0v) is 14.8. The second-order valence-electron chi connectivity index (χ2n) is 7.28. The van der Waals surface area contributed by atoms with E-state index in [-0.39, 0.29) is 11.3 Å². The molecule has 0 aliphatic carbocycles. The minimum atomic E-state index is -3.13. The van der Waals surface area contributed by atoms with E-state index in [1.54, 1.807) is 4.31 Å². The number of sulfonamides is 1. The van der Waals surface area contributed by atoms with Gasteiger partial charge in [0.25, 0.3) is 0 Å². The van der Waals surface area contributed by atoms with Gasteiger partial charge in [-0.15, -0.1) is 0 Å². The number of hydrogen-bond acceptors (Lipinski definition) is 4. The zero-order chi connectivity index (χ0) is 17.0. The number of aromatic nitrogens is 2. The molecule has 1 atom stereocenters. The molecule has 25 heavy (non-hydrogen) atoms. The molecule has 2 saturated heterocycles. The first-order chi connectivity index (χ1) is 12.2. The third kappa shape index (κ3) is 2.29. The smallest absolute Gasteiger partial charge is 0.219 e. The van der Waals surface area contributed by atoms with Crippen LogP contribution in [0.1, 0.15) is 24.4 Å². The van der Waals surface area contributed by atoms with Crippen molar-refractivity contribution in [3.8, 4) is 11.3 Å². The Hall–Kier alpha value is -1.70. The summed E-state index contributed by atoms with van der Waals surface area (Å²) in [6.07, 6.45) is 5.65. The molecule has 1 unspecified atom stereocenters. The van der Waals surface area contributed by atoms with Crippen molar-refractivity contribution in [2.24, 2.45) is 5.92 Å². The molecule has 7 heteroatoms. The maximum absolute atomic E-state index is 12.6. The predicted molar refractivity (Wildman–Crippen MR) is 95.7 cm³/mol. The number of nitrogens with one attached hydrogen (secondary N) is 1. The summed E-state index contributed by atoms with van der Waals surface area (Å²) in [5, 5.41) is 2.84. The van der Waals surface area contributed by atoms with Crippen LogP contribution in [0.2, 0.25) is 0 Å². The van der Waals surface area contributed by atoms with Gasteiger partial charge in [-0.2, -0.15) is 0 Å². The van der Waals surface area contributed by atoms with Crippen molar-refractivity contribution < 1.29 is 8.42 Å². The Labute approximate surface area is 147 Å². The number of rotatable bonds is 3. The van der Waals surface area contributed by atoms with Crippen molar-refractivity contribution in [1.29, 1.82) is 0 Å². The first-order valence-electron chi connectivity index (χ1n) is 8.97. The van der Waals surface area contributed by atoms with Crippen LogP contribution in [-0.4, -0.2) is 53.7 Å². The van der Waals surface area contributed by atoms with Crippen LogP contribution in [0.5, 0.6) is 0 Å². The lowest BCUT2D eigenvalue weighted by Crippen LogP contribution is -2.57. The Morgan fingerprint density at radius 3 is 2.60 bits per heavy atom. The monoisotopic (exact) mass is 358 g/mol. The summed E-state index contributed by atoms with van der Waals surface area (Å²) in [5.41, 5.74) is 3.79. The molecule has 4 heterocycles. The molecule has 0 saturated carbocycles. The van der Waals surface area contributed by atoms with E-state index >= 15 is 0 Å². The average molecular weight is 358 g/mol. The fraction of sp³-hybridized carbons (Fsp3) is 0.500. The van der Waals surface area contributed by atoms with Gasteiger partial charge < -0.3 is 9.88 Å². The van der Waals surface area contributed by atoms with E-state index < -0.39 is 10.0 Å². The van der Waals surface area contributed by atoms with Crippen LogP contribution in [0, 0.1) is 5.92 Å². The molecule has 6 nitrogen and oxygen atoms in total. The van der Waals surface area contributed by atoms with Crippen molar-refractivity contribution in [3.63, 3.8) is 0 Å². The maximum atomic E-state index is 12.6. The molecule has 1 aromatic carbocycles. The number of benzene rings is 1. The molecule has 2 fully saturated rings. The summed E-state index contributed by atoms with van der Waals surface area (Å²) < 4.78 is 29.2. The second-order valence-corrected chi connectivity index (χ2v) is 9.49. The molecule has 0 bridgehead atoms. The summed E-state index contributed by atoms with van der Waals surface area (Å²) in [7, 11) is -3.13. The van der Waals surface area contributed by atoms with Gasteiger partial charge >= 0.3 is 0 Å². The highest BCUT2D eigenvalue weighted by Crippen LogP contribution is 2.45. The van der Waals surface area contributed by atoms with Crippen LogP contribution in [0.3, 0.4) is 0 Å². The Morgan fingerprint density at radius 2 is 1.88 bits per heavy atom. The van der Waals surface area contributed by atoms with Crippen LogP contribution in [-0.2, 0) is 10.0 Å². The largest absolute Gasteiger partial charge is 0.323 e. The van der Waals surface area contributed by atoms with Crippen LogP contribution in [0.25, 0.3) is 11.3 Å². The highest BCUT2D eigenvalue weighted by molar-refractivity contribution is 7.89. The van der Waals surface area contributed by atoms with Crippen LogP contribution in [0.15, 0.2) is 36.8 Å². The van der Waals surface area contributed by atoms with Crippen LogP contribution in [0.4, 0.5) is 0 Å². The molecule has 1 N–H and O–H groups in total. The van der Waals surface area contributed by atoms with Gasteiger partial charge in [-0.1, -0.05) is 24.3 Å². The SMILES string of the molecule is O=S(=O)(C1CNC1)N1CCC(C2c3ccccc3-c3cncn32)CC1. The summed E-state index contributed by atoms with van der Waals surface area (Å²) in [4.78, 5) is 4.33. The number of nitrogens with zero attached hydrogens (tertiary/aromatic N) is 3. The second kappa shape index (κ2) is 5.65. The van der Waals surface area contributed by atoms with Crippen molar-refractivity contribution in [3.05, 3.63) is 42.4 Å². The van der Waals surface area contributed by atoms with Gasteiger partial charge in [0.2, 0.25) is 10.0 Å². The average Bonchev–Trinajstić information content (AvgIpc) is 3.13. The van der Waals surface area contributed by atoms with Gasteiger partial charge in [0.1, 0.15) is 5.25 Å². The fourth-order valence-electron chi connectivity index (χ4n) is 4.48. The molecule has 1 aromatic heterocycles. The summed E-state index contributed by atoms with van der Waals surface area (Å²) >= 11 is 0. The van der Waals surface area contributed by atoms with E-state index in [9.17, 15) is 8.42 Å². The topological polar surface area (TPSA) is 67.2 Å². The summed E-state index contributed by atoms with van der Waals surface area (Å²) in [6, 6.07) is 8.81. The van der Waals surface area contributed by atoms with Gasteiger partial charge in [0.05, 0.1) is 24.3 Å². The Bertz CT molecular complexity index is 895. The van der Waals surface area contributed by atoms with E-state index in [1.165, 1.54) is 16.8 Å². The number of piperidine rings is 1. The quantitative estimate of drug-likeness (QED) is 0.902. The minimum absolute atomic E-state index is 0.225. The first-order valence-corrected chi connectivity index (χ1v) is 10.5. The molecule has 5 rings (SSSR count). The van der Waals surface area contributed by atoms with Crippen molar-refractivity contribution in [2.75, 3.05) is 26.2 Å². The fourth-order valence-corrected chi connectivity index (χ4v) is 6.28. The lowest BCUT2D eigenvalue weighted by Gasteiger charge is -2.38. The van der Waals surface area contributed by atoms with Crippen LogP contribution < -0.4 is 5.32 Å². The Morgan fingerprint density at radius 1 is 1.12 bits per heavy atom. The van der Waals surface area contributed by atoms with E-state index in [4.69, 9.17) is 0 Å².